The zero-order chi connectivity index (χ0) is 21.3. The highest BCUT2D eigenvalue weighted by molar-refractivity contribution is 7.90. The first kappa shape index (κ1) is 20.0. The van der Waals surface area contributed by atoms with E-state index in [9.17, 15) is 8.42 Å². The fourth-order valence-corrected chi connectivity index (χ4v) is 3.97. The Hall–Kier alpha value is -3.25. The molecule has 152 valence electrons. The molecular weight excluding hydrogens is 401 g/mol. The predicted octanol–water partition coefficient (Wildman–Crippen LogP) is 5.45. The van der Waals surface area contributed by atoms with Crippen LogP contribution in [0, 0.1) is 12.7 Å². The Kier molecular flexibility index (Phi) is 5.26. The molecule has 0 saturated heterocycles. The van der Waals surface area contributed by atoms with Gasteiger partial charge in [-0.3, -0.25) is 0 Å². The van der Waals surface area contributed by atoms with Crippen LogP contribution in [0.5, 0.6) is 0 Å². The highest BCUT2D eigenvalue weighted by atomic mass is 32.2. The Labute approximate surface area is 175 Å². The summed E-state index contributed by atoms with van der Waals surface area (Å²) in [6.45, 7) is 1.69. The van der Waals surface area contributed by atoms with E-state index in [4.69, 9.17) is 4.42 Å². The first-order valence-electron chi connectivity index (χ1n) is 9.41. The van der Waals surface area contributed by atoms with E-state index in [0.29, 0.717) is 40.3 Å². The zero-order valence-corrected chi connectivity index (χ0v) is 17.4. The molecular formula is C24H20FNO3S. The van der Waals surface area contributed by atoms with Crippen LogP contribution in [0.25, 0.3) is 22.5 Å². The molecule has 1 aromatic heterocycles. The summed E-state index contributed by atoms with van der Waals surface area (Å²) < 4.78 is 44.3. The lowest BCUT2D eigenvalue weighted by molar-refractivity contribution is 0.518. The van der Waals surface area contributed by atoms with Crippen LogP contribution < -0.4 is 0 Å². The van der Waals surface area contributed by atoms with E-state index in [-0.39, 0.29) is 10.7 Å². The van der Waals surface area contributed by atoms with Crippen LogP contribution in [0.1, 0.15) is 17.0 Å². The smallest absolute Gasteiger partial charge is 0.199 e. The van der Waals surface area contributed by atoms with Crippen LogP contribution in [0.4, 0.5) is 4.39 Å². The van der Waals surface area contributed by atoms with Gasteiger partial charge in [0.25, 0.3) is 0 Å². The molecule has 0 fully saturated rings. The molecule has 0 aliphatic carbocycles. The second kappa shape index (κ2) is 7.88. The van der Waals surface area contributed by atoms with E-state index in [1.54, 1.807) is 37.4 Å². The van der Waals surface area contributed by atoms with E-state index in [2.05, 4.69) is 4.98 Å². The Morgan fingerprint density at radius 2 is 1.60 bits per heavy atom. The molecule has 0 unspecified atom stereocenters. The number of nitrogens with zero attached hydrogens (tertiary/aromatic N) is 1. The quantitative estimate of drug-likeness (QED) is 0.430. The minimum Gasteiger partial charge on any atom is -0.440 e. The number of oxazole rings is 1. The third kappa shape index (κ3) is 4.04. The predicted molar refractivity (Wildman–Crippen MR) is 114 cm³/mol. The number of sulfone groups is 1. The number of hydrogen-bond donors (Lipinski definition) is 0. The third-order valence-electron chi connectivity index (χ3n) is 5.00. The Balaban J connectivity index is 1.64. The summed E-state index contributed by atoms with van der Waals surface area (Å²) in [7, 11) is -3.30. The van der Waals surface area contributed by atoms with E-state index in [1.165, 1.54) is 12.1 Å². The molecule has 0 saturated carbocycles. The minimum atomic E-state index is -3.30. The number of aromatic nitrogens is 1. The monoisotopic (exact) mass is 421 g/mol. The summed E-state index contributed by atoms with van der Waals surface area (Å²) in [5.41, 5.74) is 3.18. The Morgan fingerprint density at radius 1 is 0.933 bits per heavy atom. The number of benzene rings is 3. The average Bonchev–Trinajstić information content (AvgIpc) is 3.18. The van der Waals surface area contributed by atoms with E-state index >= 15 is 4.39 Å². The van der Waals surface area contributed by atoms with Gasteiger partial charge in [-0.25, -0.2) is 17.8 Å². The molecule has 1 heterocycles. The zero-order valence-electron chi connectivity index (χ0n) is 16.6. The molecule has 0 amide bonds. The van der Waals surface area contributed by atoms with Crippen molar-refractivity contribution in [1.82, 2.24) is 4.98 Å². The van der Waals surface area contributed by atoms with Crippen molar-refractivity contribution in [2.75, 3.05) is 6.26 Å². The number of hydrogen-bond acceptors (Lipinski definition) is 4. The van der Waals surface area contributed by atoms with Gasteiger partial charge in [-0.05, 0) is 35.7 Å². The largest absolute Gasteiger partial charge is 0.440 e. The van der Waals surface area contributed by atoms with Crippen LogP contribution in [0.3, 0.4) is 0 Å². The standard InChI is InChI=1S/C24H20FNO3S/c1-16-20(22-15-26-23(29-22)14-17-6-4-3-5-7-17)12-13-21(24(16)25)18-8-10-19(11-9-18)30(2,27)28/h3-13,15H,14H2,1-2H3. The summed E-state index contributed by atoms with van der Waals surface area (Å²) >= 11 is 0. The van der Waals surface area contributed by atoms with Gasteiger partial charge in [0.05, 0.1) is 11.1 Å². The third-order valence-corrected chi connectivity index (χ3v) is 6.13. The van der Waals surface area contributed by atoms with Crippen molar-refractivity contribution in [3.8, 4) is 22.5 Å². The number of rotatable bonds is 5. The molecule has 0 spiro atoms. The van der Waals surface area contributed by atoms with Crippen LogP contribution in [0.2, 0.25) is 0 Å². The maximum absolute atomic E-state index is 15.1. The van der Waals surface area contributed by atoms with Gasteiger partial charge in [0.1, 0.15) is 5.82 Å². The first-order valence-corrected chi connectivity index (χ1v) is 11.3. The molecule has 0 N–H and O–H groups in total. The SMILES string of the molecule is Cc1c(-c2cnc(Cc3ccccc3)o2)ccc(-c2ccc(S(C)(=O)=O)cc2)c1F. The Morgan fingerprint density at radius 3 is 2.27 bits per heavy atom. The number of halogens is 1. The van der Waals surface area contributed by atoms with Gasteiger partial charge >= 0.3 is 0 Å². The summed E-state index contributed by atoms with van der Waals surface area (Å²) in [5.74, 6) is 0.702. The highest BCUT2D eigenvalue weighted by Gasteiger charge is 2.16. The fourth-order valence-electron chi connectivity index (χ4n) is 3.34. The summed E-state index contributed by atoms with van der Waals surface area (Å²) in [5, 5.41) is 0. The van der Waals surface area contributed by atoms with Gasteiger partial charge in [-0.15, -0.1) is 0 Å². The van der Waals surface area contributed by atoms with Crippen molar-refractivity contribution in [2.45, 2.75) is 18.2 Å². The van der Waals surface area contributed by atoms with Gasteiger partial charge in [0.15, 0.2) is 21.5 Å². The normalized spacial score (nSPS) is 11.6. The Bertz CT molecular complexity index is 1290. The lowest BCUT2D eigenvalue weighted by Crippen LogP contribution is -1.97. The summed E-state index contributed by atoms with van der Waals surface area (Å²) in [4.78, 5) is 4.53. The molecule has 4 rings (SSSR count). The van der Waals surface area contributed by atoms with Crippen molar-refractivity contribution < 1.29 is 17.2 Å². The average molecular weight is 421 g/mol. The molecule has 4 nitrogen and oxygen atoms in total. The van der Waals surface area contributed by atoms with Crippen LogP contribution >= 0.6 is 0 Å². The van der Waals surface area contributed by atoms with Crippen molar-refractivity contribution in [3.63, 3.8) is 0 Å². The van der Waals surface area contributed by atoms with Gasteiger partial charge in [0, 0.05) is 23.8 Å². The van der Waals surface area contributed by atoms with Crippen LogP contribution in [-0.4, -0.2) is 19.7 Å². The maximum Gasteiger partial charge on any atom is 0.199 e. The molecule has 0 radical (unpaired) electrons. The van der Waals surface area contributed by atoms with Crippen LogP contribution in [-0.2, 0) is 16.3 Å². The summed E-state index contributed by atoms with van der Waals surface area (Å²) in [6, 6.07) is 19.5. The fraction of sp³-hybridized carbons (Fsp3) is 0.125. The van der Waals surface area contributed by atoms with Gasteiger partial charge < -0.3 is 4.42 Å². The molecule has 3 aromatic carbocycles. The van der Waals surface area contributed by atoms with E-state index in [1.807, 2.05) is 30.3 Å². The lowest BCUT2D eigenvalue weighted by Gasteiger charge is -2.10. The van der Waals surface area contributed by atoms with Gasteiger partial charge in [0.2, 0.25) is 0 Å². The molecule has 30 heavy (non-hydrogen) atoms. The van der Waals surface area contributed by atoms with Gasteiger partial charge in [-0.1, -0.05) is 54.6 Å². The van der Waals surface area contributed by atoms with Crippen LogP contribution in [0.15, 0.2) is 82.2 Å². The molecule has 0 aliphatic heterocycles. The van der Waals surface area contributed by atoms with Crippen molar-refractivity contribution >= 4 is 9.84 Å². The highest BCUT2D eigenvalue weighted by Crippen LogP contribution is 2.33. The summed E-state index contributed by atoms with van der Waals surface area (Å²) in [6.07, 6.45) is 3.32. The molecule has 0 atom stereocenters. The maximum atomic E-state index is 15.1. The molecule has 0 bridgehead atoms. The minimum absolute atomic E-state index is 0.201. The van der Waals surface area contributed by atoms with E-state index in [0.717, 1.165) is 11.8 Å². The first-order chi connectivity index (χ1) is 14.3. The van der Waals surface area contributed by atoms with E-state index < -0.39 is 9.84 Å². The lowest BCUT2D eigenvalue weighted by atomic mass is 9.98. The van der Waals surface area contributed by atoms with Crippen molar-refractivity contribution in [1.29, 1.82) is 0 Å². The van der Waals surface area contributed by atoms with Crippen molar-refractivity contribution in [3.05, 3.63) is 95.8 Å². The molecule has 4 aromatic rings. The topological polar surface area (TPSA) is 60.2 Å². The second-order valence-corrected chi connectivity index (χ2v) is 9.19. The second-order valence-electron chi connectivity index (χ2n) is 7.18. The molecule has 6 heteroatoms. The van der Waals surface area contributed by atoms with Crippen molar-refractivity contribution in [2.24, 2.45) is 0 Å². The van der Waals surface area contributed by atoms with Gasteiger partial charge in [-0.2, -0.15) is 0 Å². The molecule has 0 aliphatic rings.